The summed E-state index contributed by atoms with van der Waals surface area (Å²) in [5.41, 5.74) is 6.65. The lowest BCUT2D eigenvalue weighted by molar-refractivity contribution is 0.0951. The minimum absolute atomic E-state index is 0.0627. The van der Waals surface area contributed by atoms with Crippen LogP contribution in [0, 0.1) is 0 Å². The predicted molar refractivity (Wildman–Crippen MR) is 67.3 cm³/mol. The van der Waals surface area contributed by atoms with Crippen molar-refractivity contribution in [2.24, 2.45) is 0 Å². The number of rotatable bonds is 3. The summed E-state index contributed by atoms with van der Waals surface area (Å²) >= 11 is 5.72. The smallest absolute Gasteiger partial charge is 0.251 e. The molecule has 2 rings (SSSR count). The van der Waals surface area contributed by atoms with Crippen LogP contribution >= 0.6 is 11.6 Å². The Balaban J connectivity index is 2.04. The van der Waals surface area contributed by atoms with E-state index in [1.807, 2.05) is 0 Å². The first-order valence-corrected chi connectivity index (χ1v) is 5.50. The fourth-order valence-corrected chi connectivity index (χ4v) is 1.57. The summed E-state index contributed by atoms with van der Waals surface area (Å²) in [6.07, 6.45) is 1.54. The SMILES string of the molecule is Nc1[nH]ncc1CNC(=O)c1ccc(O)c(Cl)c1. The molecule has 94 valence electrons. The Hall–Kier alpha value is -2.21. The van der Waals surface area contributed by atoms with Gasteiger partial charge >= 0.3 is 0 Å². The number of nitrogens with two attached hydrogens (primary N) is 1. The van der Waals surface area contributed by atoms with E-state index in [4.69, 9.17) is 17.3 Å². The molecule has 0 saturated heterocycles. The Morgan fingerprint density at radius 3 is 2.94 bits per heavy atom. The van der Waals surface area contributed by atoms with Crippen molar-refractivity contribution in [1.82, 2.24) is 15.5 Å². The van der Waals surface area contributed by atoms with E-state index < -0.39 is 0 Å². The number of benzene rings is 1. The number of phenolic OH excluding ortho intramolecular Hbond substituents is 1. The van der Waals surface area contributed by atoms with Crippen molar-refractivity contribution in [3.63, 3.8) is 0 Å². The molecule has 18 heavy (non-hydrogen) atoms. The van der Waals surface area contributed by atoms with Crippen molar-refractivity contribution in [3.05, 3.63) is 40.5 Å². The Bertz CT molecular complexity index is 582. The van der Waals surface area contributed by atoms with Gasteiger partial charge in [-0.15, -0.1) is 0 Å². The number of aromatic hydroxyl groups is 1. The van der Waals surface area contributed by atoms with Gasteiger partial charge in [0.2, 0.25) is 0 Å². The van der Waals surface area contributed by atoms with Crippen LogP contribution in [0.3, 0.4) is 0 Å². The van der Waals surface area contributed by atoms with Gasteiger partial charge in [-0.05, 0) is 18.2 Å². The van der Waals surface area contributed by atoms with Crippen LogP contribution in [0.2, 0.25) is 5.02 Å². The second-order valence-corrected chi connectivity index (χ2v) is 4.06. The van der Waals surface area contributed by atoms with Crippen LogP contribution < -0.4 is 11.1 Å². The van der Waals surface area contributed by atoms with E-state index in [1.165, 1.54) is 18.2 Å². The number of hydrogen-bond acceptors (Lipinski definition) is 4. The van der Waals surface area contributed by atoms with Gasteiger partial charge in [-0.25, -0.2) is 0 Å². The molecule has 0 atom stereocenters. The summed E-state index contributed by atoms with van der Waals surface area (Å²) in [5.74, 6) is 0.0452. The number of nitrogens with one attached hydrogen (secondary N) is 2. The molecule has 0 aliphatic heterocycles. The Morgan fingerprint density at radius 2 is 2.33 bits per heavy atom. The largest absolute Gasteiger partial charge is 0.506 e. The average Bonchev–Trinajstić information content (AvgIpc) is 2.75. The van der Waals surface area contributed by atoms with E-state index in [-0.39, 0.29) is 23.2 Å². The maximum Gasteiger partial charge on any atom is 0.251 e. The molecular formula is C11H11ClN4O2. The van der Waals surface area contributed by atoms with Gasteiger partial charge in [0.1, 0.15) is 11.6 Å². The number of aromatic amines is 1. The van der Waals surface area contributed by atoms with Gasteiger partial charge in [-0.3, -0.25) is 9.89 Å². The Kier molecular flexibility index (Phi) is 3.38. The second kappa shape index (κ2) is 4.97. The van der Waals surface area contributed by atoms with E-state index >= 15 is 0 Å². The number of halogens is 1. The van der Waals surface area contributed by atoms with Crippen molar-refractivity contribution < 1.29 is 9.90 Å². The monoisotopic (exact) mass is 266 g/mol. The summed E-state index contributed by atoms with van der Waals surface area (Å²) < 4.78 is 0. The fraction of sp³-hybridized carbons (Fsp3) is 0.0909. The number of H-pyrrole nitrogens is 1. The van der Waals surface area contributed by atoms with Crippen molar-refractivity contribution in [2.75, 3.05) is 5.73 Å². The zero-order valence-corrected chi connectivity index (χ0v) is 10.0. The molecule has 1 amide bonds. The number of carbonyl (C=O) groups is 1. The molecule has 0 spiro atoms. The molecule has 1 heterocycles. The zero-order chi connectivity index (χ0) is 13.1. The van der Waals surface area contributed by atoms with Crippen LogP contribution in [0.5, 0.6) is 5.75 Å². The zero-order valence-electron chi connectivity index (χ0n) is 9.27. The number of nitrogen functional groups attached to an aromatic ring is 1. The Morgan fingerprint density at radius 1 is 1.56 bits per heavy atom. The molecule has 0 fully saturated rings. The normalized spacial score (nSPS) is 10.3. The van der Waals surface area contributed by atoms with E-state index in [1.54, 1.807) is 6.20 Å². The third-order valence-electron chi connectivity index (χ3n) is 2.40. The van der Waals surface area contributed by atoms with Gasteiger partial charge in [-0.2, -0.15) is 5.10 Å². The highest BCUT2D eigenvalue weighted by Crippen LogP contribution is 2.23. The molecule has 0 bridgehead atoms. The van der Waals surface area contributed by atoms with Gasteiger partial charge < -0.3 is 16.2 Å². The van der Waals surface area contributed by atoms with Crippen LogP contribution in [-0.2, 0) is 6.54 Å². The molecule has 6 nitrogen and oxygen atoms in total. The summed E-state index contributed by atoms with van der Waals surface area (Å²) in [6.45, 7) is 0.264. The van der Waals surface area contributed by atoms with Crippen molar-refractivity contribution in [1.29, 1.82) is 0 Å². The van der Waals surface area contributed by atoms with Gasteiger partial charge in [0.15, 0.2) is 0 Å². The molecule has 5 N–H and O–H groups in total. The molecule has 7 heteroatoms. The van der Waals surface area contributed by atoms with E-state index in [9.17, 15) is 9.90 Å². The highest BCUT2D eigenvalue weighted by Gasteiger charge is 2.09. The van der Waals surface area contributed by atoms with Gasteiger partial charge in [0.25, 0.3) is 5.91 Å². The van der Waals surface area contributed by atoms with Crippen LogP contribution in [0.15, 0.2) is 24.4 Å². The first-order valence-electron chi connectivity index (χ1n) is 5.12. The average molecular weight is 267 g/mol. The second-order valence-electron chi connectivity index (χ2n) is 3.66. The van der Waals surface area contributed by atoms with Crippen LogP contribution in [0.4, 0.5) is 5.82 Å². The van der Waals surface area contributed by atoms with Gasteiger partial charge in [0.05, 0.1) is 11.2 Å². The number of carbonyl (C=O) groups excluding carboxylic acids is 1. The maximum absolute atomic E-state index is 11.8. The fourth-order valence-electron chi connectivity index (χ4n) is 1.39. The number of phenols is 1. The first kappa shape index (κ1) is 12.3. The van der Waals surface area contributed by atoms with Crippen LogP contribution in [0.1, 0.15) is 15.9 Å². The highest BCUT2D eigenvalue weighted by atomic mass is 35.5. The molecule has 0 saturated carbocycles. The standard InChI is InChI=1S/C11H11ClN4O2/c12-8-3-6(1-2-9(8)17)11(18)14-4-7-5-15-16-10(7)13/h1-3,5,17H,4H2,(H,14,18)(H3,13,15,16). The summed E-state index contributed by atoms with van der Waals surface area (Å²) in [5, 5.41) is 18.4. The quantitative estimate of drug-likeness (QED) is 0.672. The summed E-state index contributed by atoms with van der Waals surface area (Å²) in [4.78, 5) is 11.8. The minimum Gasteiger partial charge on any atom is -0.506 e. The van der Waals surface area contributed by atoms with Crippen molar-refractivity contribution in [2.45, 2.75) is 6.54 Å². The lowest BCUT2D eigenvalue weighted by atomic mass is 10.2. The number of hydrogen-bond donors (Lipinski definition) is 4. The van der Waals surface area contributed by atoms with E-state index in [0.717, 1.165) is 0 Å². The van der Waals surface area contributed by atoms with Crippen LogP contribution in [-0.4, -0.2) is 21.2 Å². The maximum atomic E-state index is 11.8. The first-order chi connectivity index (χ1) is 8.58. The molecular weight excluding hydrogens is 256 g/mol. The number of amides is 1. The molecule has 1 aromatic carbocycles. The highest BCUT2D eigenvalue weighted by molar-refractivity contribution is 6.32. The molecule has 0 radical (unpaired) electrons. The lowest BCUT2D eigenvalue weighted by Gasteiger charge is -2.05. The predicted octanol–water partition coefficient (Wildman–Crippen LogP) is 1.28. The number of nitrogens with zero attached hydrogens (tertiary/aromatic N) is 1. The third kappa shape index (κ3) is 2.54. The minimum atomic E-state index is -0.308. The van der Waals surface area contributed by atoms with Crippen molar-refractivity contribution in [3.8, 4) is 5.75 Å². The number of aromatic nitrogens is 2. The van der Waals surface area contributed by atoms with Gasteiger partial charge in [0, 0.05) is 17.7 Å². The topological polar surface area (TPSA) is 104 Å². The molecule has 0 aliphatic carbocycles. The van der Waals surface area contributed by atoms with Crippen molar-refractivity contribution >= 4 is 23.3 Å². The molecule has 0 unspecified atom stereocenters. The lowest BCUT2D eigenvalue weighted by Crippen LogP contribution is -2.22. The molecule has 0 aliphatic rings. The van der Waals surface area contributed by atoms with E-state index in [0.29, 0.717) is 16.9 Å². The van der Waals surface area contributed by atoms with Gasteiger partial charge in [-0.1, -0.05) is 11.6 Å². The van der Waals surface area contributed by atoms with E-state index in [2.05, 4.69) is 15.5 Å². The number of anilines is 1. The summed E-state index contributed by atoms with van der Waals surface area (Å²) in [7, 11) is 0. The molecule has 2 aromatic rings. The summed E-state index contributed by atoms with van der Waals surface area (Å²) in [6, 6.07) is 4.24. The molecule has 1 aromatic heterocycles. The van der Waals surface area contributed by atoms with Crippen LogP contribution in [0.25, 0.3) is 0 Å². The Labute approximate surface area is 108 Å². The third-order valence-corrected chi connectivity index (χ3v) is 2.70.